The molecule has 2 aromatic rings. The fourth-order valence-corrected chi connectivity index (χ4v) is 2.61. The highest BCUT2D eigenvalue weighted by Gasteiger charge is 2.12. The van der Waals surface area contributed by atoms with E-state index in [9.17, 15) is 9.59 Å². The molecule has 0 radical (unpaired) electrons. The van der Waals surface area contributed by atoms with Crippen LogP contribution < -0.4 is 10.1 Å². The lowest BCUT2D eigenvalue weighted by Gasteiger charge is -2.22. The van der Waals surface area contributed by atoms with Crippen molar-refractivity contribution in [3.05, 3.63) is 65.2 Å². The fourth-order valence-electron chi connectivity index (χ4n) is 2.61. The van der Waals surface area contributed by atoms with Gasteiger partial charge in [-0.3, -0.25) is 9.59 Å². The van der Waals surface area contributed by atoms with Crippen LogP contribution in [0, 0.1) is 6.92 Å². The van der Waals surface area contributed by atoms with Crippen LogP contribution >= 0.6 is 0 Å². The van der Waals surface area contributed by atoms with Gasteiger partial charge in [0.25, 0.3) is 0 Å². The number of rotatable bonds is 8. The van der Waals surface area contributed by atoms with Crippen molar-refractivity contribution in [1.29, 1.82) is 0 Å². The molecule has 0 saturated heterocycles. The molecule has 2 rings (SSSR count). The smallest absolute Gasteiger partial charge is 0.222 e. The first-order valence-corrected chi connectivity index (χ1v) is 8.69. The van der Waals surface area contributed by atoms with Gasteiger partial charge in [-0.25, -0.2) is 0 Å². The fraction of sp³-hybridized carbons (Fsp3) is 0.333. The Morgan fingerprint density at radius 3 is 2.38 bits per heavy atom. The number of benzene rings is 2. The first-order valence-electron chi connectivity index (χ1n) is 8.69. The van der Waals surface area contributed by atoms with E-state index in [4.69, 9.17) is 4.74 Å². The molecule has 138 valence electrons. The van der Waals surface area contributed by atoms with Crippen LogP contribution in [0.15, 0.2) is 48.5 Å². The highest BCUT2D eigenvalue weighted by Crippen LogP contribution is 2.12. The molecule has 0 aliphatic rings. The average Bonchev–Trinajstić information content (AvgIpc) is 2.65. The van der Waals surface area contributed by atoms with Gasteiger partial charge in [-0.1, -0.05) is 36.4 Å². The summed E-state index contributed by atoms with van der Waals surface area (Å²) in [7, 11) is 1.62. The molecule has 1 N–H and O–H groups in total. The molecule has 0 unspecified atom stereocenters. The van der Waals surface area contributed by atoms with Gasteiger partial charge in [0.15, 0.2) is 0 Å². The van der Waals surface area contributed by atoms with E-state index in [1.54, 1.807) is 12.0 Å². The number of nitrogens with zero attached hydrogens (tertiary/aromatic N) is 1. The number of nitrogens with one attached hydrogen (secondary N) is 1. The van der Waals surface area contributed by atoms with Crippen LogP contribution in [0.5, 0.6) is 5.75 Å². The minimum Gasteiger partial charge on any atom is -0.497 e. The summed E-state index contributed by atoms with van der Waals surface area (Å²) in [5.74, 6) is 0.682. The minimum atomic E-state index is -0.0724. The molecule has 5 nitrogen and oxygen atoms in total. The summed E-state index contributed by atoms with van der Waals surface area (Å²) in [6, 6.07) is 15.5. The maximum atomic E-state index is 12.1. The third-order valence-electron chi connectivity index (χ3n) is 4.33. The zero-order valence-electron chi connectivity index (χ0n) is 15.6. The highest BCUT2D eigenvalue weighted by molar-refractivity contribution is 5.78. The Morgan fingerprint density at radius 2 is 1.77 bits per heavy atom. The van der Waals surface area contributed by atoms with Gasteiger partial charge in [0, 0.05) is 33.0 Å². The topological polar surface area (TPSA) is 58.6 Å². The maximum absolute atomic E-state index is 12.1. The molecule has 26 heavy (non-hydrogen) atoms. The van der Waals surface area contributed by atoms with Gasteiger partial charge >= 0.3 is 0 Å². The van der Waals surface area contributed by atoms with E-state index < -0.39 is 0 Å². The number of hydrogen-bond acceptors (Lipinski definition) is 3. The van der Waals surface area contributed by atoms with E-state index in [0.717, 1.165) is 22.4 Å². The maximum Gasteiger partial charge on any atom is 0.222 e. The van der Waals surface area contributed by atoms with Gasteiger partial charge in [0.05, 0.1) is 7.11 Å². The molecule has 5 heteroatoms. The summed E-state index contributed by atoms with van der Waals surface area (Å²) >= 11 is 0. The monoisotopic (exact) mass is 354 g/mol. The summed E-state index contributed by atoms with van der Waals surface area (Å²) < 4.78 is 5.11. The SMILES string of the molecule is COc1ccc(CNC(=O)CCN(Cc2ccccc2C)C(C)=O)cc1. The van der Waals surface area contributed by atoms with Crippen LogP contribution in [0.4, 0.5) is 0 Å². The molecule has 0 bridgehead atoms. The van der Waals surface area contributed by atoms with Gasteiger partial charge in [0.2, 0.25) is 11.8 Å². The summed E-state index contributed by atoms with van der Waals surface area (Å²) in [5.41, 5.74) is 3.24. The molecule has 0 aliphatic carbocycles. The molecule has 0 fully saturated rings. The lowest BCUT2D eigenvalue weighted by Crippen LogP contribution is -2.33. The molecular formula is C21H26N2O3. The van der Waals surface area contributed by atoms with Crippen LogP contribution in [-0.4, -0.2) is 30.4 Å². The molecule has 0 saturated carbocycles. The molecule has 0 spiro atoms. The second-order valence-electron chi connectivity index (χ2n) is 6.24. The van der Waals surface area contributed by atoms with Crippen LogP contribution in [0.1, 0.15) is 30.0 Å². The van der Waals surface area contributed by atoms with Crippen molar-refractivity contribution in [1.82, 2.24) is 10.2 Å². The molecule has 0 aliphatic heterocycles. The number of ether oxygens (including phenoxy) is 1. The van der Waals surface area contributed by atoms with Crippen LogP contribution in [0.3, 0.4) is 0 Å². The van der Waals surface area contributed by atoms with E-state index in [1.165, 1.54) is 6.92 Å². The van der Waals surface area contributed by atoms with E-state index in [0.29, 0.717) is 19.6 Å². The first-order chi connectivity index (χ1) is 12.5. The summed E-state index contributed by atoms with van der Waals surface area (Å²) in [4.78, 5) is 25.7. The third kappa shape index (κ3) is 5.92. The molecule has 0 atom stereocenters. The average molecular weight is 354 g/mol. The van der Waals surface area contributed by atoms with Gasteiger partial charge in [-0.15, -0.1) is 0 Å². The van der Waals surface area contributed by atoms with Crippen molar-refractivity contribution in [2.75, 3.05) is 13.7 Å². The Kier molecular flexibility index (Phi) is 7.21. The van der Waals surface area contributed by atoms with Gasteiger partial charge < -0.3 is 15.0 Å². The van der Waals surface area contributed by atoms with Crippen molar-refractivity contribution in [2.24, 2.45) is 0 Å². The number of hydrogen-bond donors (Lipinski definition) is 1. The van der Waals surface area contributed by atoms with Crippen LogP contribution in [0.25, 0.3) is 0 Å². The number of carbonyl (C=O) groups is 2. The standard InChI is InChI=1S/C21H26N2O3/c1-16-6-4-5-7-19(16)15-23(17(2)24)13-12-21(25)22-14-18-8-10-20(26-3)11-9-18/h4-11H,12-15H2,1-3H3,(H,22,25). The van der Waals surface area contributed by atoms with E-state index >= 15 is 0 Å². The van der Waals surface area contributed by atoms with Crippen molar-refractivity contribution >= 4 is 11.8 Å². The summed E-state index contributed by atoms with van der Waals surface area (Å²) in [5, 5.41) is 2.89. The van der Waals surface area contributed by atoms with E-state index in [2.05, 4.69) is 5.32 Å². The Hall–Kier alpha value is -2.82. The van der Waals surface area contributed by atoms with Crippen molar-refractivity contribution in [2.45, 2.75) is 33.4 Å². The van der Waals surface area contributed by atoms with Gasteiger partial charge in [-0.05, 0) is 35.7 Å². The van der Waals surface area contributed by atoms with Crippen LogP contribution in [-0.2, 0) is 22.7 Å². The molecule has 0 heterocycles. The summed E-state index contributed by atoms with van der Waals surface area (Å²) in [6.07, 6.45) is 0.279. The predicted molar refractivity (Wildman–Crippen MR) is 102 cm³/mol. The van der Waals surface area contributed by atoms with Crippen molar-refractivity contribution < 1.29 is 14.3 Å². The lowest BCUT2D eigenvalue weighted by atomic mass is 10.1. The number of amides is 2. The summed E-state index contributed by atoms with van der Waals surface area (Å²) in [6.45, 7) is 4.94. The van der Waals surface area contributed by atoms with E-state index in [-0.39, 0.29) is 18.2 Å². The molecule has 0 aromatic heterocycles. The van der Waals surface area contributed by atoms with Gasteiger partial charge in [-0.2, -0.15) is 0 Å². The van der Waals surface area contributed by atoms with Crippen molar-refractivity contribution in [3.63, 3.8) is 0 Å². The third-order valence-corrected chi connectivity index (χ3v) is 4.33. The van der Waals surface area contributed by atoms with E-state index in [1.807, 2.05) is 55.5 Å². The van der Waals surface area contributed by atoms with Crippen LogP contribution in [0.2, 0.25) is 0 Å². The molecular weight excluding hydrogens is 328 g/mol. The second kappa shape index (κ2) is 9.61. The van der Waals surface area contributed by atoms with Crippen molar-refractivity contribution in [3.8, 4) is 5.75 Å². The zero-order valence-corrected chi connectivity index (χ0v) is 15.6. The minimum absolute atomic E-state index is 0.0313. The number of methoxy groups -OCH3 is 1. The largest absolute Gasteiger partial charge is 0.497 e. The number of aryl methyl sites for hydroxylation is 1. The molecule has 2 aromatic carbocycles. The molecule has 2 amide bonds. The Bertz CT molecular complexity index is 741. The first kappa shape index (κ1) is 19.5. The quantitative estimate of drug-likeness (QED) is 0.793. The number of carbonyl (C=O) groups excluding carboxylic acids is 2. The Balaban J connectivity index is 1.83. The normalized spacial score (nSPS) is 10.3. The lowest BCUT2D eigenvalue weighted by molar-refractivity contribution is -0.130. The van der Waals surface area contributed by atoms with Gasteiger partial charge in [0.1, 0.15) is 5.75 Å². The predicted octanol–water partition coefficient (Wildman–Crippen LogP) is 3.06. The Morgan fingerprint density at radius 1 is 1.08 bits per heavy atom. The highest BCUT2D eigenvalue weighted by atomic mass is 16.5. The Labute approximate surface area is 155 Å². The zero-order chi connectivity index (χ0) is 18.9. The second-order valence-corrected chi connectivity index (χ2v) is 6.24.